The molecule has 1 aliphatic carbocycles. The first-order valence-electron chi connectivity index (χ1n) is 8.05. The van der Waals surface area contributed by atoms with Gasteiger partial charge >= 0.3 is 6.03 Å². The molecule has 6 nitrogen and oxygen atoms in total. The molecule has 3 rings (SSSR count). The minimum Gasteiger partial charge on any atom is -0.318 e. The van der Waals surface area contributed by atoms with E-state index < -0.39 is 17.5 Å². The maximum absolute atomic E-state index is 12.7. The summed E-state index contributed by atoms with van der Waals surface area (Å²) in [5.41, 5.74) is 2.04. The molecular weight excluding hydrogens is 294 g/mol. The molecule has 1 aromatic carbocycles. The molecule has 0 spiro atoms. The van der Waals surface area contributed by atoms with Gasteiger partial charge in [0.05, 0.1) is 0 Å². The third-order valence-corrected chi connectivity index (χ3v) is 4.74. The van der Waals surface area contributed by atoms with Gasteiger partial charge in [-0.2, -0.15) is 5.01 Å². The fourth-order valence-electron chi connectivity index (χ4n) is 3.27. The van der Waals surface area contributed by atoms with Crippen LogP contribution in [-0.4, -0.2) is 22.9 Å². The van der Waals surface area contributed by atoms with Crippen molar-refractivity contribution in [2.75, 3.05) is 0 Å². The van der Waals surface area contributed by atoms with Crippen molar-refractivity contribution in [1.82, 2.24) is 15.8 Å². The predicted molar refractivity (Wildman–Crippen MR) is 83.9 cm³/mol. The van der Waals surface area contributed by atoms with E-state index in [2.05, 4.69) is 10.7 Å². The van der Waals surface area contributed by atoms with Gasteiger partial charge in [0.25, 0.3) is 5.91 Å². The Morgan fingerprint density at radius 3 is 2.48 bits per heavy atom. The number of carbonyl (C=O) groups is 3. The van der Waals surface area contributed by atoms with Crippen LogP contribution in [0.4, 0.5) is 4.79 Å². The molecule has 2 fully saturated rings. The molecule has 1 aliphatic heterocycles. The topological polar surface area (TPSA) is 78.5 Å². The Morgan fingerprint density at radius 2 is 1.83 bits per heavy atom. The van der Waals surface area contributed by atoms with Crippen molar-refractivity contribution in [3.63, 3.8) is 0 Å². The Labute approximate surface area is 135 Å². The van der Waals surface area contributed by atoms with Gasteiger partial charge in [0.2, 0.25) is 5.91 Å². The second-order valence-electron chi connectivity index (χ2n) is 6.37. The number of carbonyl (C=O) groups excluding carboxylic acids is 3. The summed E-state index contributed by atoms with van der Waals surface area (Å²) in [4.78, 5) is 37.2. The lowest BCUT2D eigenvalue weighted by molar-refractivity contribution is -0.141. The molecule has 4 amide bonds. The summed E-state index contributed by atoms with van der Waals surface area (Å²) < 4.78 is 0. The van der Waals surface area contributed by atoms with E-state index in [1.807, 2.05) is 18.2 Å². The van der Waals surface area contributed by atoms with Crippen LogP contribution >= 0.6 is 0 Å². The monoisotopic (exact) mass is 315 g/mol. The highest BCUT2D eigenvalue weighted by molar-refractivity contribution is 6.08. The second-order valence-corrected chi connectivity index (χ2v) is 6.37. The van der Waals surface area contributed by atoms with Gasteiger partial charge in [-0.05, 0) is 25.3 Å². The van der Waals surface area contributed by atoms with Crippen molar-refractivity contribution in [2.45, 2.75) is 44.6 Å². The normalized spacial score (nSPS) is 25.3. The fourth-order valence-corrected chi connectivity index (χ4v) is 3.27. The molecule has 2 aliphatic rings. The molecule has 1 saturated heterocycles. The van der Waals surface area contributed by atoms with Crippen LogP contribution in [0.1, 0.15) is 44.6 Å². The smallest absolute Gasteiger partial charge is 0.318 e. The zero-order chi connectivity index (χ0) is 16.4. The number of hydrogen-bond acceptors (Lipinski definition) is 3. The summed E-state index contributed by atoms with van der Waals surface area (Å²) in [6, 6.07) is 8.43. The van der Waals surface area contributed by atoms with Crippen LogP contribution in [0.3, 0.4) is 0 Å². The largest absolute Gasteiger partial charge is 0.344 e. The first-order chi connectivity index (χ1) is 11.0. The number of imide groups is 1. The third kappa shape index (κ3) is 2.81. The van der Waals surface area contributed by atoms with E-state index in [4.69, 9.17) is 0 Å². The molecule has 2 N–H and O–H groups in total. The molecular formula is C17H21N3O3. The summed E-state index contributed by atoms with van der Waals surface area (Å²) >= 11 is 0. The highest BCUT2D eigenvalue weighted by atomic mass is 16.2. The standard InChI is InChI=1S/C17H21N3O3/c1-17(13-10-6-3-7-11-13)15(22)20(16(23)18-17)19-14(21)12-8-4-2-5-9-12/h3,6-7,10-12H,2,4-5,8-9H2,1H3,(H,18,23)(H,19,21). The molecule has 6 heteroatoms. The Hall–Kier alpha value is -2.37. The van der Waals surface area contributed by atoms with Gasteiger partial charge < -0.3 is 5.32 Å². The van der Waals surface area contributed by atoms with E-state index in [0.29, 0.717) is 5.56 Å². The molecule has 1 heterocycles. The van der Waals surface area contributed by atoms with Gasteiger partial charge in [0, 0.05) is 5.92 Å². The number of amides is 4. The Morgan fingerprint density at radius 1 is 1.17 bits per heavy atom. The van der Waals surface area contributed by atoms with Crippen LogP contribution in [0.25, 0.3) is 0 Å². The molecule has 1 saturated carbocycles. The van der Waals surface area contributed by atoms with E-state index in [1.54, 1.807) is 19.1 Å². The number of nitrogens with one attached hydrogen (secondary N) is 2. The number of rotatable bonds is 3. The Bertz CT molecular complexity index is 625. The molecule has 0 radical (unpaired) electrons. The summed E-state index contributed by atoms with van der Waals surface area (Å²) in [6.45, 7) is 1.65. The van der Waals surface area contributed by atoms with E-state index in [0.717, 1.165) is 37.1 Å². The highest BCUT2D eigenvalue weighted by Gasteiger charge is 2.50. The molecule has 1 atom stereocenters. The second kappa shape index (κ2) is 6.02. The van der Waals surface area contributed by atoms with E-state index >= 15 is 0 Å². The summed E-state index contributed by atoms with van der Waals surface area (Å²) in [5, 5.41) is 3.50. The van der Waals surface area contributed by atoms with Crippen LogP contribution in [0.15, 0.2) is 30.3 Å². The van der Waals surface area contributed by atoms with E-state index in [1.165, 1.54) is 0 Å². The average Bonchev–Trinajstić information content (AvgIpc) is 2.81. The minimum atomic E-state index is -1.15. The molecule has 23 heavy (non-hydrogen) atoms. The maximum atomic E-state index is 12.7. The zero-order valence-electron chi connectivity index (χ0n) is 13.2. The highest BCUT2D eigenvalue weighted by Crippen LogP contribution is 2.28. The fraction of sp³-hybridized carbons (Fsp3) is 0.471. The summed E-state index contributed by atoms with van der Waals surface area (Å²) in [7, 11) is 0. The number of hydrogen-bond donors (Lipinski definition) is 2. The van der Waals surface area contributed by atoms with E-state index in [-0.39, 0.29) is 11.8 Å². The van der Waals surface area contributed by atoms with Gasteiger partial charge in [0.15, 0.2) is 0 Å². The summed E-state index contributed by atoms with van der Waals surface area (Å²) in [6.07, 6.45) is 4.79. The van der Waals surface area contributed by atoms with E-state index in [9.17, 15) is 14.4 Å². The van der Waals surface area contributed by atoms with Gasteiger partial charge in [-0.25, -0.2) is 4.79 Å². The lowest BCUT2D eigenvalue weighted by Crippen LogP contribution is -2.50. The van der Waals surface area contributed by atoms with Gasteiger partial charge in [-0.3, -0.25) is 15.0 Å². The number of benzene rings is 1. The zero-order valence-corrected chi connectivity index (χ0v) is 13.2. The average molecular weight is 315 g/mol. The van der Waals surface area contributed by atoms with Crippen molar-refractivity contribution in [1.29, 1.82) is 0 Å². The maximum Gasteiger partial charge on any atom is 0.344 e. The molecule has 0 aromatic heterocycles. The van der Waals surface area contributed by atoms with Crippen molar-refractivity contribution in [3.05, 3.63) is 35.9 Å². The first-order valence-corrected chi connectivity index (χ1v) is 8.05. The quantitative estimate of drug-likeness (QED) is 0.838. The van der Waals surface area contributed by atoms with Crippen LogP contribution in [-0.2, 0) is 15.1 Å². The van der Waals surface area contributed by atoms with Crippen LogP contribution in [0.2, 0.25) is 0 Å². The summed E-state index contributed by atoms with van der Waals surface area (Å²) in [5.74, 6) is -0.823. The SMILES string of the molecule is CC1(c2ccccc2)NC(=O)N(NC(=O)C2CCCCC2)C1=O. The van der Waals surface area contributed by atoms with Gasteiger partial charge in [-0.15, -0.1) is 0 Å². The van der Waals surface area contributed by atoms with Gasteiger partial charge in [-0.1, -0.05) is 49.6 Å². The lowest BCUT2D eigenvalue weighted by Gasteiger charge is -2.24. The third-order valence-electron chi connectivity index (χ3n) is 4.74. The van der Waals surface area contributed by atoms with Crippen LogP contribution in [0, 0.1) is 5.92 Å². The number of urea groups is 1. The van der Waals surface area contributed by atoms with Crippen molar-refractivity contribution in [3.8, 4) is 0 Å². The first kappa shape index (κ1) is 15.5. The Balaban J connectivity index is 1.75. The Kier molecular flexibility index (Phi) is 4.07. The molecule has 122 valence electrons. The lowest BCUT2D eigenvalue weighted by atomic mass is 9.89. The van der Waals surface area contributed by atoms with Gasteiger partial charge in [0.1, 0.15) is 5.54 Å². The molecule has 1 aromatic rings. The molecule has 0 bridgehead atoms. The van der Waals surface area contributed by atoms with Crippen LogP contribution < -0.4 is 10.7 Å². The predicted octanol–water partition coefficient (Wildman–Crippen LogP) is 2.07. The minimum absolute atomic E-state index is 0.118. The number of hydrazine groups is 1. The van der Waals surface area contributed by atoms with Crippen molar-refractivity contribution < 1.29 is 14.4 Å². The van der Waals surface area contributed by atoms with Crippen LogP contribution in [0.5, 0.6) is 0 Å². The molecule has 1 unspecified atom stereocenters. The number of nitrogens with zero attached hydrogens (tertiary/aromatic N) is 1. The van der Waals surface area contributed by atoms with Crippen molar-refractivity contribution in [2.24, 2.45) is 5.92 Å². The van der Waals surface area contributed by atoms with Crippen molar-refractivity contribution >= 4 is 17.8 Å².